The fourth-order valence-electron chi connectivity index (χ4n) is 1.34. The molecule has 2 N–H and O–H groups in total. The summed E-state index contributed by atoms with van der Waals surface area (Å²) in [5.74, 6) is 0.896. The Bertz CT molecular complexity index is 312. The Balaban J connectivity index is 2.77. The van der Waals surface area contributed by atoms with E-state index in [2.05, 4.69) is 22.9 Å². The van der Waals surface area contributed by atoms with Crippen molar-refractivity contribution in [3.05, 3.63) is 28.2 Å². The molecule has 0 bridgehead atoms. The predicted molar refractivity (Wildman–Crippen MR) is 67.1 cm³/mol. The minimum Gasteiger partial charge on any atom is -0.493 e. The van der Waals surface area contributed by atoms with Crippen LogP contribution >= 0.6 is 15.9 Å². The van der Waals surface area contributed by atoms with E-state index in [1.807, 2.05) is 25.1 Å². The highest BCUT2D eigenvalue weighted by Crippen LogP contribution is 2.27. The molecular formula is C12H18BrNO. The van der Waals surface area contributed by atoms with E-state index in [1.54, 1.807) is 0 Å². The van der Waals surface area contributed by atoms with Crippen LogP contribution in [-0.4, -0.2) is 6.61 Å². The Morgan fingerprint density at radius 2 is 2.20 bits per heavy atom. The SMILES string of the molecule is CCCCOc1cc(Br)ccc1C(C)N. The van der Waals surface area contributed by atoms with Gasteiger partial charge in [0.25, 0.3) is 0 Å². The minimum atomic E-state index is 0.00901. The van der Waals surface area contributed by atoms with Gasteiger partial charge in [-0.1, -0.05) is 35.3 Å². The number of rotatable bonds is 5. The molecule has 1 aromatic carbocycles. The third-order valence-corrected chi connectivity index (χ3v) is 2.71. The molecule has 1 rings (SSSR count). The zero-order valence-electron chi connectivity index (χ0n) is 9.29. The second-order valence-electron chi connectivity index (χ2n) is 3.67. The van der Waals surface area contributed by atoms with Crippen LogP contribution in [0.2, 0.25) is 0 Å². The number of hydrogen-bond donors (Lipinski definition) is 1. The Kier molecular flexibility index (Phi) is 5.12. The van der Waals surface area contributed by atoms with E-state index in [-0.39, 0.29) is 6.04 Å². The topological polar surface area (TPSA) is 35.2 Å². The number of unbranched alkanes of at least 4 members (excludes halogenated alkanes) is 1. The maximum atomic E-state index is 5.87. The first kappa shape index (κ1) is 12.5. The van der Waals surface area contributed by atoms with Crippen molar-refractivity contribution in [3.63, 3.8) is 0 Å². The Labute approximate surface area is 99.9 Å². The smallest absolute Gasteiger partial charge is 0.125 e. The molecule has 0 saturated carbocycles. The number of ether oxygens (including phenoxy) is 1. The highest BCUT2D eigenvalue weighted by Gasteiger charge is 2.08. The van der Waals surface area contributed by atoms with E-state index in [0.29, 0.717) is 0 Å². The highest BCUT2D eigenvalue weighted by molar-refractivity contribution is 9.10. The summed E-state index contributed by atoms with van der Waals surface area (Å²) in [7, 11) is 0. The molecule has 0 aliphatic heterocycles. The quantitative estimate of drug-likeness (QED) is 0.830. The van der Waals surface area contributed by atoms with E-state index < -0.39 is 0 Å². The van der Waals surface area contributed by atoms with Crippen molar-refractivity contribution in [2.24, 2.45) is 5.73 Å². The van der Waals surface area contributed by atoms with Crippen molar-refractivity contribution in [3.8, 4) is 5.75 Å². The number of hydrogen-bond acceptors (Lipinski definition) is 2. The molecule has 0 radical (unpaired) electrons. The monoisotopic (exact) mass is 271 g/mol. The Hall–Kier alpha value is -0.540. The molecule has 0 aliphatic carbocycles. The lowest BCUT2D eigenvalue weighted by Gasteiger charge is -2.14. The summed E-state index contributed by atoms with van der Waals surface area (Å²) in [4.78, 5) is 0. The maximum Gasteiger partial charge on any atom is 0.125 e. The largest absolute Gasteiger partial charge is 0.493 e. The molecule has 0 spiro atoms. The van der Waals surface area contributed by atoms with Gasteiger partial charge in [-0.05, 0) is 25.5 Å². The zero-order chi connectivity index (χ0) is 11.3. The molecule has 0 aromatic heterocycles. The van der Waals surface area contributed by atoms with Gasteiger partial charge in [-0.2, -0.15) is 0 Å². The Morgan fingerprint density at radius 1 is 1.47 bits per heavy atom. The van der Waals surface area contributed by atoms with Crippen molar-refractivity contribution < 1.29 is 4.74 Å². The summed E-state index contributed by atoms with van der Waals surface area (Å²) < 4.78 is 6.74. The van der Waals surface area contributed by atoms with Crippen LogP contribution in [0.1, 0.15) is 38.3 Å². The van der Waals surface area contributed by atoms with Gasteiger partial charge in [0.1, 0.15) is 5.75 Å². The zero-order valence-corrected chi connectivity index (χ0v) is 10.9. The lowest BCUT2D eigenvalue weighted by atomic mass is 10.1. The minimum absolute atomic E-state index is 0.00901. The molecule has 2 nitrogen and oxygen atoms in total. The first-order valence-corrected chi connectivity index (χ1v) is 6.12. The van der Waals surface area contributed by atoms with Gasteiger partial charge in [0.05, 0.1) is 6.61 Å². The van der Waals surface area contributed by atoms with Gasteiger partial charge in [0, 0.05) is 16.1 Å². The van der Waals surface area contributed by atoms with E-state index in [4.69, 9.17) is 10.5 Å². The standard InChI is InChI=1S/C12H18BrNO/c1-3-4-7-15-12-8-10(13)5-6-11(12)9(2)14/h5-6,8-9H,3-4,7,14H2,1-2H3. The van der Waals surface area contributed by atoms with Crippen LogP contribution in [0.3, 0.4) is 0 Å². The fourth-order valence-corrected chi connectivity index (χ4v) is 1.68. The van der Waals surface area contributed by atoms with Crippen LogP contribution in [0.25, 0.3) is 0 Å². The second kappa shape index (κ2) is 6.13. The van der Waals surface area contributed by atoms with Gasteiger partial charge in [-0.3, -0.25) is 0 Å². The van der Waals surface area contributed by atoms with E-state index in [0.717, 1.165) is 35.2 Å². The van der Waals surface area contributed by atoms with Crippen LogP contribution in [0.5, 0.6) is 5.75 Å². The van der Waals surface area contributed by atoms with Gasteiger partial charge in [0.15, 0.2) is 0 Å². The van der Waals surface area contributed by atoms with Gasteiger partial charge in [-0.15, -0.1) is 0 Å². The lowest BCUT2D eigenvalue weighted by molar-refractivity contribution is 0.305. The van der Waals surface area contributed by atoms with Crippen LogP contribution in [0, 0.1) is 0 Å². The lowest BCUT2D eigenvalue weighted by Crippen LogP contribution is -2.08. The van der Waals surface area contributed by atoms with Crippen molar-refractivity contribution in [2.75, 3.05) is 6.61 Å². The Morgan fingerprint density at radius 3 is 2.80 bits per heavy atom. The van der Waals surface area contributed by atoms with Crippen LogP contribution < -0.4 is 10.5 Å². The third-order valence-electron chi connectivity index (χ3n) is 2.22. The van der Waals surface area contributed by atoms with Crippen LogP contribution in [-0.2, 0) is 0 Å². The van der Waals surface area contributed by atoms with E-state index in [1.165, 1.54) is 0 Å². The van der Waals surface area contributed by atoms with Gasteiger partial charge in [-0.25, -0.2) is 0 Å². The first-order valence-electron chi connectivity index (χ1n) is 5.33. The molecular weight excluding hydrogens is 254 g/mol. The average molecular weight is 272 g/mol. The number of nitrogens with two attached hydrogens (primary N) is 1. The molecule has 0 amide bonds. The molecule has 0 heterocycles. The average Bonchev–Trinajstić information content (AvgIpc) is 2.18. The molecule has 3 heteroatoms. The summed E-state index contributed by atoms with van der Waals surface area (Å²) in [6, 6.07) is 5.99. The molecule has 1 unspecified atom stereocenters. The number of halogens is 1. The predicted octanol–water partition coefficient (Wildman–Crippen LogP) is 3.65. The van der Waals surface area contributed by atoms with E-state index >= 15 is 0 Å². The normalized spacial score (nSPS) is 12.5. The van der Waals surface area contributed by atoms with Crippen molar-refractivity contribution >= 4 is 15.9 Å². The van der Waals surface area contributed by atoms with Crippen molar-refractivity contribution in [2.45, 2.75) is 32.7 Å². The fraction of sp³-hybridized carbons (Fsp3) is 0.500. The van der Waals surface area contributed by atoms with Gasteiger partial charge < -0.3 is 10.5 Å². The van der Waals surface area contributed by atoms with Crippen LogP contribution in [0.4, 0.5) is 0 Å². The van der Waals surface area contributed by atoms with Crippen molar-refractivity contribution in [1.82, 2.24) is 0 Å². The second-order valence-corrected chi connectivity index (χ2v) is 4.59. The van der Waals surface area contributed by atoms with Crippen LogP contribution in [0.15, 0.2) is 22.7 Å². The summed E-state index contributed by atoms with van der Waals surface area (Å²) in [5.41, 5.74) is 6.94. The van der Waals surface area contributed by atoms with Gasteiger partial charge >= 0.3 is 0 Å². The molecule has 1 aromatic rings. The summed E-state index contributed by atoms with van der Waals surface area (Å²) in [6.07, 6.45) is 2.21. The number of benzene rings is 1. The van der Waals surface area contributed by atoms with E-state index in [9.17, 15) is 0 Å². The van der Waals surface area contributed by atoms with Gasteiger partial charge in [0.2, 0.25) is 0 Å². The molecule has 15 heavy (non-hydrogen) atoms. The summed E-state index contributed by atoms with van der Waals surface area (Å²) >= 11 is 3.43. The first-order chi connectivity index (χ1) is 7.15. The third kappa shape index (κ3) is 3.84. The molecule has 84 valence electrons. The van der Waals surface area contributed by atoms with Crippen molar-refractivity contribution in [1.29, 1.82) is 0 Å². The summed E-state index contributed by atoms with van der Waals surface area (Å²) in [6.45, 7) is 4.87. The highest BCUT2D eigenvalue weighted by atomic mass is 79.9. The maximum absolute atomic E-state index is 5.87. The molecule has 0 saturated heterocycles. The molecule has 0 fully saturated rings. The molecule has 1 atom stereocenters. The summed E-state index contributed by atoms with van der Waals surface area (Å²) in [5, 5.41) is 0. The molecule has 0 aliphatic rings.